The van der Waals surface area contributed by atoms with Gasteiger partial charge in [0.15, 0.2) is 0 Å². The normalized spacial score (nSPS) is 14.6. The molecule has 6 heteroatoms. The SMILES string of the molecule is CCc1onc(C)c1Cn1cc2cc(C(=O)N3CCCC3)ccc2n1. The number of likely N-dealkylation sites (tertiary alicyclic amines) is 1. The molecular formula is C19H22N4O2. The van der Waals surface area contributed by atoms with Gasteiger partial charge < -0.3 is 9.42 Å². The maximum atomic E-state index is 12.6. The second-order valence-electron chi connectivity index (χ2n) is 6.62. The summed E-state index contributed by atoms with van der Waals surface area (Å²) in [6.45, 7) is 6.36. The van der Waals surface area contributed by atoms with Gasteiger partial charge in [0.05, 0.1) is 17.8 Å². The van der Waals surface area contributed by atoms with Gasteiger partial charge in [-0.25, -0.2) is 0 Å². The lowest BCUT2D eigenvalue weighted by molar-refractivity contribution is 0.0793. The van der Waals surface area contributed by atoms with E-state index in [-0.39, 0.29) is 5.91 Å². The predicted molar refractivity (Wildman–Crippen MR) is 94.6 cm³/mol. The molecule has 0 N–H and O–H groups in total. The molecule has 0 unspecified atom stereocenters. The van der Waals surface area contributed by atoms with Crippen LogP contribution in [0.1, 0.15) is 47.1 Å². The Hall–Kier alpha value is -2.63. The lowest BCUT2D eigenvalue weighted by Gasteiger charge is -2.14. The van der Waals surface area contributed by atoms with Crippen LogP contribution in [0, 0.1) is 6.92 Å². The number of aryl methyl sites for hydroxylation is 2. The van der Waals surface area contributed by atoms with E-state index < -0.39 is 0 Å². The van der Waals surface area contributed by atoms with Crippen LogP contribution < -0.4 is 0 Å². The van der Waals surface area contributed by atoms with Crippen molar-refractivity contribution in [3.63, 3.8) is 0 Å². The van der Waals surface area contributed by atoms with E-state index in [2.05, 4.69) is 17.2 Å². The second kappa shape index (κ2) is 6.35. The third-order valence-electron chi connectivity index (χ3n) is 4.90. The zero-order valence-electron chi connectivity index (χ0n) is 14.7. The van der Waals surface area contributed by atoms with Crippen molar-refractivity contribution < 1.29 is 9.32 Å². The van der Waals surface area contributed by atoms with Crippen molar-refractivity contribution in [2.45, 2.75) is 39.7 Å². The Balaban J connectivity index is 1.62. The molecular weight excluding hydrogens is 316 g/mol. The van der Waals surface area contributed by atoms with Gasteiger partial charge in [0.25, 0.3) is 5.91 Å². The van der Waals surface area contributed by atoms with Crippen LogP contribution in [0.25, 0.3) is 10.9 Å². The van der Waals surface area contributed by atoms with E-state index in [4.69, 9.17) is 4.52 Å². The molecule has 1 amide bonds. The van der Waals surface area contributed by atoms with E-state index in [1.165, 1.54) is 0 Å². The Morgan fingerprint density at radius 2 is 2.08 bits per heavy atom. The van der Waals surface area contributed by atoms with Gasteiger partial charge in [-0.3, -0.25) is 9.48 Å². The maximum absolute atomic E-state index is 12.6. The monoisotopic (exact) mass is 338 g/mol. The molecule has 3 aromatic rings. The van der Waals surface area contributed by atoms with Gasteiger partial charge in [0.2, 0.25) is 0 Å². The van der Waals surface area contributed by atoms with Gasteiger partial charge in [0.1, 0.15) is 5.76 Å². The molecule has 0 aliphatic carbocycles. The lowest BCUT2D eigenvalue weighted by Crippen LogP contribution is -2.27. The number of hydrogen-bond acceptors (Lipinski definition) is 4. The van der Waals surface area contributed by atoms with Crippen LogP contribution in [0.3, 0.4) is 0 Å². The molecule has 1 aromatic carbocycles. The molecule has 1 saturated heterocycles. The molecule has 3 heterocycles. The van der Waals surface area contributed by atoms with Crippen LogP contribution in [-0.2, 0) is 13.0 Å². The highest BCUT2D eigenvalue weighted by Crippen LogP contribution is 2.20. The van der Waals surface area contributed by atoms with Crippen molar-refractivity contribution in [2.24, 2.45) is 0 Å². The van der Waals surface area contributed by atoms with E-state index in [1.54, 1.807) is 0 Å². The Labute approximate surface area is 146 Å². The molecule has 0 radical (unpaired) electrons. The first-order valence-corrected chi connectivity index (χ1v) is 8.86. The van der Waals surface area contributed by atoms with Gasteiger partial charge in [-0.15, -0.1) is 0 Å². The molecule has 2 aromatic heterocycles. The summed E-state index contributed by atoms with van der Waals surface area (Å²) in [4.78, 5) is 14.5. The molecule has 25 heavy (non-hydrogen) atoms. The number of carbonyl (C=O) groups is 1. The number of rotatable bonds is 4. The van der Waals surface area contributed by atoms with Crippen LogP contribution in [0.2, 0.25) is 0 Å². The van der Waals surface area contributed by atoms with Crippen molar-refractivity contribution in [1.29, 1.82) is 0 Å². The summed E-state index contributed by atoms with van der Waals surface area (Å²) in [6.07, 6.45) is 5.00. The number of amides is 1. The fraction of sp³-hybridized carbons (Fsp3) is 0.421. The van der Waals surface area contributed by atoms with Crippen LogP contribution in [0.5, 0.6) is 0 Å². The highest BCUT2D eigenvalue weighted by molar-refractivity contribution is 5.98. The van der Waals surface area contributed by atoms with E-state index in [0.29, 0.717) is 6.54 Å². The van der Waals surface area contributed by atoms with Crippen LogP contribution >= 0.6 is 0 Å². The molecule has 4 rings (SSSR count). The van der Waals surface area contributed by atoms with Gasteiger partial charge in [-0.2, -0.15) is 5.10 Å². The highest BCUT2D eigenvalue weighted by atomic mass is 16.5. The third-order valence-corrected chi connectivity index (χ3v) is 4.90. The van der Waals surface area contributed by atoms with Gasteiger partial charge in [-0.1, -0.05) is 12.1 Å². The first kappa shape index (κ1) is 15.9. The smallest absolute Gasteiger partial charge is 0.253 e. The molecule has 1 aliphatic heterocycles. The van der Waals surface area contributed by atoms with Crippen molar-refractivity contribution in [1.82, 2.24) is 19.8 Å². The van der Waals surface area contributed by atoms with E-state index in [9.17, 15) is 4.79 Å². The minimum absolute atomic E-state index is 0.121. The zero-order valence-corrected chi connectivity index (χ0v) is 14.7. The average Bonchev–Trinajstić information content (AvgIpc) is 3.34. The van der Waals surface area contributed by atoms with Crippen molar-refractivity contribution in [3.05, 3.63) is 47.0 Å². The van der Waals surface area contributed by atoms with E-state index in [0.717, 1.165) is 65.8 Å². The predicted octanol–water partition coefficient (Wildman–Crippen LogP) is 3.18. The molecule has 130 valence electrons. The zero-order chi connectivity index (χ0) is 17.4. The first-order chi connectivity index (χ1) is 12.2. The quantitative estimate of drug-likeness (QED) is 0.733. The summed E-state index contributed by atoms with van der Waals surface area (Å²) in [6, 6.07) is 5.75. The number of hydrogen-bond donors (Lipinski definition) is 0. The highest BCUT2D eigenvalue weighted by Gasteiger charge is 2.20. The maximum Gasteiger partial charge on any atom is 0.253 e. The molecule has 0 saturated carbocycles. The van der Waals surface area contributed by atoms with E-state index >= 15 is 0 Å². The number of fused-ring (bicyclic) bond motifs is 1. The molecule has 6 nitrogen and oxygen atoms in total. The van der Waals surface area contributed by atoms with Crippen molar-refractivity contribution in [3.8, 4) is 0 Å². The summed E-state index contributed by atoms with van der Waals surface area (Å²) in [5, 5.41) is 9.66. The van der Waals surface area contributed by atoms with Crippen LogP contribution in [0.15, 0.2) is 28.9 Å². The fourth-order valence-electron chi connectivity index (χ4n) is 3.47. The number of carbonyl (C=O) groups excluding carboxylic acids is 1. The second-order valence-corrected chi connectivity index (χ2v) is 6.62. The topological polar surface area (TPSA) is 64.2 Å². The van der Waals surface area contributed by atoms with Gasteiger partial charge in [0, 0.05) is 42.2 Å². The van der Waals surface area contributed by atoms with Gasteiger partial charge in [-0.05, 0) is 38.0 Å². The molecule has 0 spiro atoms. The summed E-state index contributed by atoms with van der Waals surface area (Å²) in [5.74, 6) is 1.03. The Morgan fingerprint density at radius 1 is 1.28 bits per heavy atom. The average molecular weight is 338 g/mol. The minimum Gasteiger partial charge on any atom is -0.361 e. The Bertz CT molecular complexity index is 919. The Kier molecular flexibility index (Phi) is 4.03. The number of benzene rings is 1. The Morgan fingerprint density at radius 3 is 2.84 bits per heavy atom. The summed E-state index contributed by atoms with van der Waals surface area (Å²) >= 11 is 0. The van der Waals surface area contributed by atoms with Crippen LogP contribution in [-0.4, -0.2) is 38.8 Å². The standard InChI is InChI=1S/C19H22N4O2/c1-3-18-16(13(2)21-25-18)12-23-11-15-10-14(6-7-17(15)20-23)19(24)22-8-4-5-9-22/h6-7,10-11H,3-5,8-9,12H2,1-2H3. The number of nitrogens with zero attached hydrogens (tertiary/aromatic N) is 4. The van der Waals surface area contributed by atoms with Crippen molar-refractivity contribution >= 4 is 16.8 Å². The minimum atomic E-state index is 0.121. The van der Waals surface area contributed by atoms with E-state index in [1.807, 2.05) is 40.9 Å². The molecule has 0 bridgehead atoms. The summed E-state index contributed by atoms with van der Waals surface area (Å²) < 4.78 is 7.25. The first-order valence-electron chi connectivity index (χ1n) is 8.86. The van der Waals surface area contributed by atoms with Gasteiger partial charge >= 0.3 is 0 Å². The molecule has 0 atom stereocenters. The number of aromatic nitrogens is 3. The largest absolute Gasteiger partial charge is 0.361 e. The molecule has 1 fully saturated rings. The summed E-state index contributed by atoms with van der Waals surface area (Å²) in [5.41, 5.74) is 3.62. The summed E-state index contributed by atoms with van der Waals surface area (Å²) in [7, 11) is 0. The fourth-order valence-corrected chi connectivity index (χ4v) is 3.47. The van der Waals surface area contributed by atoms with Crippen molar-refractivity contribution in [2.75, 3.05) is 13.1 Å². The third kappa shape index (κ3) is 2.92. The molecule has 1 aliphatic rings. The lowest BCUT2D eigenvalue weighted by atomic mass is 10.1. The van der Waals surface area contributed by atoms with Crippen LogP contribution in [0.4, 0.5) is 0 Å².